The first kappa shape index (κ1) is 8.93. The van der Waals surface area contributed by atoms with E-state index in [1.165, 1.54) is 7.11 Å². The summed E-state index contributed by atoms with van der Waals surface area (Å²) in [5.41, 5.74) is 0. The largest absolute Gasteiger partial charge is 0.390 e. The first-order valence-corrected chi connectivity index (χ1v) is 3.67. The fourth-order valence-corrected chi connectivity index (χ4v) is 1.13. The van der Waals surface area contributed by atoms with Crippen molar-refractivity contribution in [2.45, 2.75) is 25.4 Å². The Kier molecular flexibility index (Phi) is 2.84. The molecule has 4 heteroatoms. The summed E-state index contributed by atoms with van der Waals surface area (Å²) in [5, 5.41) is 18.6. The zero-order valence-electron chi connectivity index (χ0n) is 6.73. The van der Waals surface area contributed by atoms with E-state index in [2.05, 4.69) is 0 Å². The minimum Gasteiger partial charge on any atom is -0.390 e. The smallest absolute Gasteiger partial charge is 0.183 e. The molecule has 0 aromatic heterocycles. The lowest BCUT2D eigenvalue weighted by atomic mass is 9.96. The Morgan fingerprint density at radius 3 is 2.64 bits per heavy atom. The van der Waals surface area contributed by atoms with Gasteiger partial charge in [-0.2, -0.15) is 0 Å². The Bertz CT molecular complexity index is 126. The number of ether oxygens (including phenoxy) is 2. The van der Waals surface area contributed by atoms with E-state index in [0.717, 1.165) is 0 Å². The monoisotopic (exact) mass is 162 g/mol. The van der Waals surface area contributed by atoms with Crippen LogP contribution in [0.4, 0.5) is 0 Å². The van der Waals surface area contributed by atoms with Gasteiger partial charge in [0.25, 0.3) is 0 Å². The van der Waals surface area contributed by atoms with Crippen LogP contribution in [0.2, 0.25) is 0 Å². The van der Waals surface area contributed by atoms with Crippen molar-refractivity contribution in [1.82, 2.24) is 0 Å². The van der Waals surface area contributed by atoms with Crippen molar-refractivity contribution in [3.8, 4) is 0 Å². The van der Waals surface area contributed by atoms with Gasteiger partial charge >= 0.3 is 0 Å². The highest BCUT2D eigenvalue weighted by molar-refractivity contribution is 4.79. The van der Waals surface area contributed by atoms with Gasteiger partial charge in [-0.15, -0.1) is 0 Å². The third kappa shape index (κ3) is 1.70. The van der Waals surface area contributed by atoms with E-state index < -0.39 is 18.5 Å². The summed E-state index contributed by atoms with van der Waals surface area (Å²) < 4.78 is 9.84. The van der Waals surface area contributed by atoms with Gasteiger partial charge in [0, 0.05) is 13.0 Å². The maximum absolute atomic E-state index is 9.40. The summed E-state index contributed by atoms with van der Waals surface area (Å²) in [6, 6.07) is 0. The second kappa shape index (κ2) is 3.49. The molecular weight excluding hydrogens is 148 g/mol. The molecule has 0 bridgehead atoms. The summed E-state index contributed by atoms with van der Waals surface area (Å²) in [6.45, 7) is 2.00. The van der Waals surface area contributed by atoms with Crippen molar-refractivity contribution >= 4 is 0 Å². The Hall–Kier alpha value is -0.160. The molecule has 4 atom stereocenters. The maximum Gasteiger partial charge on any atom is 0.183 e. The third-order valence-electron chi connectivity index (χ3n) is 2.09. The SMILES string of the molecule is COC1OCC(O)[C@H](C)C1O. The molecule has 1 heterocycles. The van der Waals surface area contributed by atoms with Crippen LogP contribution in [0, 0.1) is 5.92 Å². The van der Waals surface area contributed by atoms with Gasteiger partial charge < -0.3 is 19.7 Å². The van der Waals surface area contributed by atoms with Crippen LogP contribution in [0.3, 0.4) is 0 Å². The van der Waals surface area contributed by atoms with Gasteiger partial charge in [-0.1, -0.05) is 6.92 Å². The topological polar surface area (TPSA) is 58.9 Å². The quantitative estimate of drug-likeness (QED) is 0.537. The highest BCUT2D eigenvalue weighted by Gasteiger charge is 2.35. The molecule has 0 saturated carbocycles. The number of rotatable bonds is 1. The van der Waals surface area contributed by atoms with Gasteiger partial charge in [-0.05, 0) is 0 Å². The molecule has 0 aromatic rings. The van der Waals surface area contributed by atoms with Gasteiger partial charge in [-0.25, -0.2) is 0 Å². The van der Waals surface area contributed by atoms with Crippen LogP contribution < -0.4 is 0 Å². The van der Waals surface area contributed by atoms with Gasteiger partial charge in [-0.3, -0.25) is 0 Å². The van der Waals surface area contributed by atoms with Crippen molar-refractivity contribution in [1.29, 1.82) is 0 Å². The second-order valence-electron chi connectivity index (χ2n) is 2.85. The van der Waals surface area contributed by atoms with E-state index in [4.69, 9.17) is 9.47 Å². The summed E-state index contributed by atoms with van der Waals surface area (Å²) >= 11 is 0. The molecule has 3 unspecified atom stereocenters. The molecule has 0 spiro atoms. The molecule has 0 radical (unpaired) electrons. The van der Waals surface area contributed by atoms with Crippen molar-refractivity contribution in [2.24, 2.45) is 5.92 Å². The van der Waals surface area contributed by atoms with Crippen molar-refractivity contribution in [3.05, 3.63) is 0 Å². The lowest BCUT2D eigenvalue weighted by molar-refractivity contribution is -0.244. The first-order chi connectivity index (χ1) is 5.16. The molecule has 1 aliphatic heterocycles. The van der Waals surface area contributed by atoms with Crippen LogP contribution >= 0.6 is 0 Å². The fraction of sp³-hybridized carbons (Fsp3) is 1.00. The Labute approximate surface area is 65.7 Å². The molecule has 0 aliphatic carbocycles. The second-order valence-corrected chi connectivity index (χ2v) is 2.85. The Morgan fingerprint density at radius 2 is 2.09 bits per heavy atom. The molecule has 2 N–H and O–H groups in total. The minimum absolute atomic E-state index is 0.186. The van der Waals surface area contributed by atoms with Crippen LogP contribution in [0.25, 0.3) is 0 Å². The van der Waals surface area contributed by atoms with E-state index in [1.807, 2.05) is 0 Å². The van der Waals surface area contributed by atoms with Crippen LogP contribution in [0.1, 0.15) is 6.92 Å². The molecule has 66 valence electrons. The highest BCUT2D eigenvalue weighted by Crippen LogP contribution is 2.20. The standard InChI is InChI=1S/C7H14O4/c1-4-5(8)3-11-7(10-2)6(4)9/h4-9H,3H2,1-2H3/t4-,5?,6?,7?/m0/s1. The Balaban J connectivity index is 2.52. The first-order valence-electron chi connectivity index (χ1n) is 3.67. The highest BCUT2D eigenvalue weighted by atomic mass is 16.7. The zero-order chi connectivity index (χ0) is 8.43. The van der Waals surface area contributed by atoms with Crippen LogP contribution in [0.5, 0.6) is 0 Å². The zero-order valence-corrected chi connectivity index (χ0v) is 6.73. The van der Waals surface area contributed by atoms with Gasteiger partial charge in [0.15, 0.2) is 6.29 Å². The third-order valence-corrected chi connectivity index (χ3v) is 2.09. The summed E-state index contributed by atoms with van der Waals surface area (Å²) in [4.78, 5) is 0. The molecule has 1 saturated heterocycles. The van der Waals surface area contributed by atoms with Crippen LogP contribution in [-0.4, -0.2) is 42.4 Å². The van der Waals surface area contributed by atoms with Gasteiger partial charge in [0.1, 0.15) is 6.10 Å². The predicted molar refractivity (Wildman–Crippen MR) is 37.9 cm³/mol. The molecule has 0 amide bonds. The molecule has 1 rings (SSSR count). The summed E-state index contributed by atoms with van der Waals surface area (Å²) in [7, 11) is 1.47. The maximum atomic E-state index is 9.40. The lowest BCUT2D eigenvalue weighted by Gasteiger charge is -2.35. The minimum atomic E-state index is -0.733. The van der Waals surface area contributed by atoms with E-state index in [-0.39, 0.29) is 12.5 Å². The van der Waals surface area contributed by atoms with E-state index >= 15 is 0 Å². The van der Waals surface area contributed by atoms with Crippen LogP contribution in [0.15, 0.2) is 0 Å². The number of hydrogen-bond acceptors (Lipinski definition) is 4. The molecule has 1 aliphatic rings. The number of aliphatic hydroxyl groups excluding tert-OH is 2. The molecular formula is C7H14O4. The average molecular weight is 162 g/mol. The van der Waals surface area contributed by atoms with Crippen molar-refractivity contribution in [2.75, 3.05) is 13.7 Å². The number of hydrogen-bond donors (Lipinski definition) is 2. The number of methoxy groups -OCH3 is 1. The lowest BCUT2D eigenvalue weighted by Crippen LogP contribution is -2.48. The Morgan fingerprint density at radius 1 is 1.45 bits per heavy atom. The molecule has 11 heavy (non-hydrogen) atoms. The van der Waals surface area contributed by atoms with Gasteiger partial charge in [0.05, 0.1) is 12.7 Å². The van der Waals surface area contributed by atoms with Crippen molar-refractivity contribution in [3.63, 3.8) is 0 Å². The normalized spacial score (nSPS) is 45.8. The molecule has 1 fully saturated rings. The predicted octanol–water partition coefficient (Wildman–Crippen LogP) is -0.653. The van der Waals surface area contributed by atoms with Gasteiger partial charge in [0.2, 0.25) is 0 Å². The summed E-state index contributed by atoms with van der Waals surface area (Å²) in [5.74, 6) is -0.186. The van der Waals surface area contributed by atoms with E-state index in [1.54, 1.807) is 6.92 Å². The van der Waals surface area contributed by atoms with Crippen molar-refractivity contribution < 1.29 is 19.7 Å². The molecule has 0 aromatic carbocycles. The number of aliphatic hydroxyl groups is 2. The fourth-order valence-electron chi connectivity index (χ4n) is 1.13. The van der Waals surface area contributed by atoms with E-state index in [0.29, 0.717) is 0 Å². The van der Waals surface area contributed by atoms with E-state index in [9.17, 15) is 10.2 Å². The van der Waals surface area contributed by atoms with Crippen LogP contribution in [-0.2, 0) is 9.47 Å². The average Bonchev–Trinajstić information content (AvgIpc) is 2.01. The molecule has 4 nitrogen and oxygen atoms in total. The summed E-state index contributed by atoms with van der Waals surface area (Å²) in [6.07, 6.45) is -1.91.